The zero-order chi connectivity index (χ0) is 16.4. The molecule has 1 N–H and O–H groups in total. The molecule has 4 nitrogen and oxygen atoms in total. The van der Waals surface area contributed by atoms with E-state index in [9.17, 15) is 9.18 Å². The molecule has 0 unspecified atom stereocenters. The predicted octanol–water partition coefficient (Wildman–Crippen LogP) is 2.88. The lowest BCUT2D eigenvalue weighted by atomic mass is 10.1. The Kier molecular flexibility index (Phi) is 4.10. The highest BCUT2D eigenvalue weighted by Crippen LogP contribution is 2.16. The summed E-state index contributed by atoms with van der Waals surface area (Å²) in [6.07, 6.45) is 0.241. The van der Waals surface area contributed by atoms with Crippen molar-refractivity contribution in [2.45, 2.75) is 19.9 Å². The zero-order valence-corrected chi connectivity index (χ0v) is 13.1. The number of nitrogens with zero attached hydrogens (tertiary/aromatic N) is 2. The normalized spacial score (nSPS) is 10.9. The Morgan fingerprint density at radius 3 is 2.61 bits per heavy atom. The van der Waals surface area contributed by atoms with Crippen LogP contribution in [0.1, 0.15) is 17.0 Å². The lowest BCUT2D eigenvalue weighted by molar-refractivity contribution is -0.120. The Morgan fingerprint density at radius 1 is 1.17 bits per heavy atom. The van der Waals surface area contributed by atoms with Gasteiger partial charge in [-0.2, -0.15) is 0 Å². The van der Waals surface area contributed by atoms with E-state index >= 15 is 0 Å². The van der Waals surface area contributed by atoms with E-state index in [0.717, 1.165) is 28.0 Å². The van der Waals surface area contributed by atoms with E-state index < -0.39 is 0 Å². The molecule has 5 heteroatoms. The fourth-order valence-electron chi connectivity index (χ4n) is 2.53. The second kappa shape index (κ2) is 6.20. The molecule has 3 aromatic rings. The van der Waals surface area contributed by atoms with Crippen LogP contribution in [-0.2, 0) is 24.8 Å². The number of benzene rings is 2. The summed E-state index contributed by atoms with van der Waals surface area (Å²) < 4.78 is 14.9. The van der Waals surface area contributed by atoms with Crippen LogP contribution >= 0.6 is 0 Å². The number of hydrogen-bond acceptors (Lipinski definition) is 2. The maximum absolute atomic E-state index is 12.8. The molecule has 0 spiro atoms. The largest absolute Gasteiger partial charge is 0.352 e. The summed E-state index contributed by atoms with van der Waals surface area (Å²) in [4.78, 5) is 16.5. The minimum Gasteiger partial charge on any atom is -0.352 e. The topological polar surface area (TPSA) is 46.9 Å². The Bertz CT molecular complexity index is 853. The number of halogens is 1. The molecule has 118 valence electrons. The third kappa shape index (κ3) is 3.39. The molecule has 0 atom stereocenters. The molecule has 0 saturated carbocycles. The van der Waals surface area contributed by atoms with Gasteiger partial charge in [0.15, 0.2) is 0 Å². The molecule has 0 aliphatic rings. The summed E-state index contributed by atoms with van der Waals surface area (Å²) in [7, 11) is 1.98. The Balaban J connectivity index is 1.63. The first-order valence-electron chi connectivity index (χ1n) is 7.46. The van der Waals surface area contributed by atoms with Crippen LogP contribution in [0, 0.1) is 12.7 Å². The molecule has 1 amide bonds. The van der Waals surface area contributed by atoms with Gasteiger partial charge in [0.2, 0.25) is 5.91 Å². The quantitative estimate of drug-likeness (QED) is 0.805. The number of carbonyl (C=O) groups is 1. The number of aryl methyl sites for hydroxylation is 2. The summed E-state index contributed by atoms with van der Waals surface area (Å²) in [6.45, 7) is 2.41. The standard InChI is InChI=1S/C18H18FN3O/c1-12-21-16-9-14(5-8-17(16)22(12)2)11-20-18(23)10-13-3-6-15(19)7-4-13/h3-9H,10-11H2,1-2H3,(H,20,23). The number of hydrogen-bond donors (Lipinski definition) is 1. The summed E-state index contributed by atoms with van der Waals surface area (Å²) in [6, 6.07) is 12.0. The molecule has 0 aliphatic carbocycles. The summed E-state index contributed by atoms with van der Waals surface area (Å²) in [5, 5.41) is 2.88. The average Bonchev–Trinajstić information content (AvgIpc) is 2.82. The van der Waals surface area contributed by atoms with Crippen LogP contribution in [0.2, 0.25) is 0 Å². The molecular weight excluding hydrogens is 293 g/mol. The first-order valence-corrected chi connectivity index (χ1v) is 7.46. The molecule has 3 rings (SSSR count). The van der Waals surface area contributed by atoms with E-state index in [0.29, 0.717) is 6.54 Å². The van der Waals surface area contributed by atoms with Crippen LogP contribution in [0.5, 0.6) is 0 Å². The molecule has 2 aromatic carbocycles. The Labute approximate surface area is 134 Å². The third-order valence-electron chi connectivity index (χ3n) is 3.94. The first kappa shape index (κ1) is 15.2. The highest BCUT2D eigenvalue weighted by molar-refractivity contribution is 5.79. The minimum absolute atomic E-state index is 0.0890. The van der Waals surface area contributed by atoms with Crippen molar-refractivity contribution in [1.82, 2.24) is 14.9 Å². The first-order chi connectivity index (χ1) is 11.0. The van der Waals surface area contributed by atoms with Gasteiger partial charge in [0.25, 0.3) is 0 Å². The molecule has 0 aliphatic heterocycles. The van der Waals surface area contributed by atoms with Crippen molar-refractivity contribution < 1.29 is 9.18 Å². The number of nitrogens with one attached hydrogen (secondary N) is 1. The maximum atomic E-state index is 12.8. The van der Waals surface area contributed by atoms with Crippen molar-refractivity contribution >= 4 is 16.9 Å². The van der Waals surface area contributed by atoms with E-state index in [1.807, 2.05) is 36.7 Å². The monoisotopic (exact) mass is 311 g/mol. The predicted molar refractivity (Wildman–Crippen MR) is 87.4 cm³/mol. The number of fused-ring (bicyclic) bond motifs is 1. The van der Waals surface area contributed by atoms with Gasteiger partial charge in [-0.25, -0.2) is 9.37 Å². The van der Waals surface area contributed by atoms with Crippen molar-refractivity contribution in [1.29, 1.82) is 0 Å². The lowest BCUT2D eigenvalue weighted by Crippen LogP contribution is -2.24. The van der Waals surface area contributed by atoms with Crippen LogP contribution in [0.25, 0.3) is 11.0 Å². The maximum Gasteiger partial charge on any atom is 0.224 e. The molecule has 1 aromatic heterocycles. The molecular formula is C18H18FN3O. The van der Waals surface area contributed by atoms with Crippen LogP contribution in [0.15, 0.2) is 42.5 Å². The molecule has 23 heavy (non-hydrogen) atoms. The minimum atomic E-state index is -0.298. The Morgan fingerprint density at radius 2 is 1.87 bits per heavy atom. The van der Waals surface area contributed by atoms with E-state index in [1.54, 1.807) is 12.1 Å². The summed E-state index contributed by atoms with van der Waals surface area (Å²) in [5.74, 6) is 0.569. The van der Waals surface area contributed by atoms with E-state index in [-0.39, 0.29) is 18.1 Å². The van der Waals surface area contributed by atoms with Crippen LogP contribution < -0.4 is 5.32 Å². The van der Waals surface area contributed by atoms with Gasteiger partial charge < -0.3 is 9.88 Å². The number of imidazole rings is 1. The van der Waals surface area contributed by atoms with Gasteiger partial charge in [-0.05, 0) is 42.3 Å². The number of carbonyl (C=O) groups excluding carboxylic acids is 1. The highest BCUT2D eigenvalue weighted by atomic mass is 19.1. The van der Waals surface area contributed by atoms with E-state index in [4.69, 9.17) is 0 Å². The van der Waals surface area contributed by atoms with Gasteiger partial charge in [0.1, 0.15) is 11.6 Å². The summed E-state index contributed by atoms with van der Waals surface area (Å²) in [5.41, 5.74) is 3.79. The molecule has 0 fully saturated rings. The summed E-state index contributed by atoms with van der Waals surface area (Å²) >= 11 is 0. The van der Waals surface area contributed by atoms with Crippen LogP contribution in [-0.4, -0.2) is 15.5 Å². The number of aromatic nitrogens is 2. The number of amides is 1. The van der Waals surface area contributed by atoms with E-state index in [2.05, 4.69) is 10.3 Å². The van der Waals surface area contributed by atoms with Gasteiger partial charge in [0.05, 0.1) is 17.5 Å². The van der Waals surface area contributed by atoms with E-state index in [1.165, 1.54) is 12.1 Å². The zero-order valence-electron chi connectivity index (χ0n) is 13.1. The lowest BCUT2D eigenvalue weighted by Gasteiger charge is -2.06. The van der Waals surface area contributed by atoms with Crippen molar-refractivity contribution in [3.8, 4) is 0 Å². The van der Waals surface area contributed by atoms with Crippen molar-refractivity contribution in [3.05, 3.63) is 65.2 Å². The van der Waals surface area contributed by atoms with Gasteiger partial charge >= 0.3 is 0 Å². The van der Waals surface area contributed by atoms with Crippen molar-refractivity contribution in [3.63, 3.8) is 0 Å². The Hall–Kier alpha value is -2.69. The van der Waals surface area contributed by atoms with Gasteiger partial charge in [-0.1, -0.05) is 18.2 Å². The molecule has 0 radical (unpaired) electrons. The average molecular weight is 311 g/mol. The SMILES string of the molecule is Cc1nc2cc(CNC(=O)Cc3ccc(F)cc3)ccc2n1C. The van der Waals surface area contributed by atoms with Crippen LogP contribution in [0.4, 0.5) is 4.39 Å². The number of rotatable bonds is 4. The van der Waals surface area contributed by atoms with Gasteiger partial charge in [0, 0.05) is 13.6 Å². The fraction of sp³-hybridized carbons (Fsp3) is 0.222. The third-order valence-corrected chi connectivity index (χ3v) is 3.94. The molecule has 0 saturated heterocycles. The molecule has 0 bridgehead atoms. The highest BCUT2D eigenvalue weighted by Gasteiger charge is 2.07. The van der Waals surface area contributed by atoms with Gasteiger partial charge in [-0.3, -0.25) is 4.79 Å². The second-order valence-electron chi connectivity index (χ2n) is 5.62. The fourth-order valence-corrected chi connectivity index (χ4v) is 2.53. The van der Waals surface area contributed by atoms with Crippen molar-refractivity contribution in [2.75, 3.05) is 0 Å². The second-order valence-corrected chi connectivity index (χ2v) is 5.62. The van der Waals surface area contributed by atoms with Crippen LogP contribution in [0.3, 0.4) is 0 Å². The smallest absolute Gasteiger partial charge is 0.224 e. The molecule has 1 heterocycles. The van der Waals surface area contributed by atoms with Crippen molar-refractivity contribution in [2.24, 2.45) is 7.05 Å². The van der Waals surface area contributed by atoms with Gasteiger partial charge in [-0.15, -0.1) is 0 Å².